The van der Waals surface area contributed by atoms with Gasteiger partial charge in [-0.05, 0) is 63.2 Å². The quantitative estimate of drug-likeness (QED) is 0.761. The molecule has 2 aromatic carbocycles. The lowest BCUT2D eigenvalue weighted by atomic mass is 9.88. The van der Waals surface area contributed by atoms with E-state index in [0.29, 0.717) is 56.2 Å². The number of carbonyl (C=O) groups excluding carboxylic acids is 2. The van der Waals surface area contributed by atoms with Crippen LogP contribution in [0.3, 0.4) is 0 Å². The van der Waals surface area contributed by atoms with Gasteiger partial charge in [-0.3, -0.25) is 14.5 Å². The third-order valence-corrected chi connectivity index (χ3v) is 5.79. The zero-order chi connectivity index (χ0) is 21.1. The summed E-state index contributed by atoms with van der Waals surface area (Å²) in [6.45, 7) is 4.07. The lowest BCUT2D eigenvalue weighted by Gasteiger charge is -2.34. The van der Waals surface area contributed by atoms with E-state index in [9.17, 15) is 14.0 Å². The molecule has 2 aliphatic heterocycles. The van der Waals surface area contributed by atoms with E-state index in [2.05, 4.69) is 5.32 Å². The maximum absolute atomic E-state index is 13.8. The average molecular weight is 412 g/mol. The van der Waals surface area contributed by atoms with Gasteiger partial charge in [-0.2, -0.15) is 0 Å². The topological polar surface area (TPSA) is 67.9 Å². The number of likely N-dealkylation sites (tertiary alicyclic amines) is 1. The second kappa shape index (κ2) is 8.83. The lowest BCUT2D eigenvalue weighted by Crippen LogP contribution is -2.47. The molecule has 0 radical (unpaired) electrons. The van der Waals surface area contributed by atoms with Gasteiger partial charge in [0.1, 0.15) is 19.0 Å². The van der Waals surface area contributed by atoms with Gasteiger partial charge in [0.25, 0.3) is 0 Å². The SMILES string of the molecule is CC(C(=O)Nc1ccccc1F)N1CCC(C(=O)c2ccc3c(c2)OCCO3)CC1. The summed E-state index contributed by atoms with van der Waals surface area (Å²) in [6.07, 6.45) is 1.34. The monoisotopic (exact) mass is 412 g/mol. The molecular formula is C23H25FN2O4. The van der Waals surface area contributed by atoms with Crippen molar-refractivity contribution in [1.29, 1.82) is 0 Å². The molecule has 0 spiro atoms. The van der Waals surface area contributed by atoms with Crippen LogP contribution in [-0.2, 0) is 4.79 Å². The second-order valence-corrected chi connectivity index (χ2v) is 7.68. The number of fused-ring (bicyclic) bond motifs is 1. The average Bonchev–Trinajstić information content (AvgIpc) is 2.79. The van der Waals surface area contributed by atoms with Crippen LogP contribution in [0.25, 0.3) is 0 Å². The normalized spacial score (nSPS) is 17.9. The first-order valence-electron chi connectivity index (χ1n) is 10.3. The van der Waals surface area contributed by atoms with Crippen LogP contribution in [0.15, 0.2) is 42.5 Å². The van der Waals surface area contributed by atoms with Gasteiger partial charge in [0, 0.05) is 11.5 Å². The number of piperidine rings is 1. The molecule has 6 nitrogen and oxygen atoms in total. The minimum absolute atomic E-state index is 0.0920. The summed E-state index contributed by atoms with van der Waals surface area (Å²) in [4.78, 5) is 27.5. The summed E-state index contributed by atoms with van der Waals surface area (Å²) in [5.41, 5.74) is 0.807. The highest BCUT2D eigenvalue weighted by Gasteiger charge is 2.31. The summed E-state index contributed by atoms with van der Waals surface area (Å²) in [5.74, 6) is 0.574. The Morgan fingerprint density at radius 2 is 1.77 bits per heavy atom. The van der Waals surface area contributed by atoms with Gasteiger partial charge >= 0.3 is 0 Å². The Labute approximate surface area is 175 Å². The predicted molar refractivity (Wildman–Crippen MR) is 111 cm³/mol. The molecule has 1 fully saturated rings. The number of benzene rings is 2. The fourth-order valence-electron chi connectivity index (χ4n) is 3.95. The van der Waals surface area contributed by atoms with Crippen LogP contribution < -0.4 is 14.8 Å². The first kappa shape index (κ1) is 20.3. The van der Waals surface area contributed by atoms with Crippen molar-refractivity contribution in [1.82, 2.24) is 4.90 Å². The molecule has 1 unspecified atom stereocenters. The fraction of sp³-hybridized carbons (Fsp3) is 0.391. The van der Waals surface area contributed by atoms with Crippen molar-refractivity contribution in [3.05, 3.63) is 53.8 Å². The summed E-state index contributed by atoms with van der Waals surface area (Å²) in [6, 6.07) is 11.0. The van der Waals surface area contributed by atoms with E-state index in [-0.39, 0.29) is 23.3 Å². The maximum atomic E-state index is 13.8. The van der Waals surface area contributed by atoms with Gasteiger partial charge in [-0.1, -0.05) is 12.1 Å². The Hall–Kier alpha value is -2.93. The number of nitrogens with one attached hydrogen (secondary N) is 1. The molecule has 0 saturated carbocycles. The van der Waals surface area contributed by atoms with Crippen LogP contribution in [0.5, 0.6) is 11.5 Å². The number of hydrogen-bond acceptors (Lipinski definition) is 5. The Kier molecular flexibility index (Phi) is 5.99. The first-order chi connectivity index (χ1) is 14.5. The largest absolute Gasteiger partial charge is 0.486 e. The highest BCUT2D eigenvalue weighted by molar-refractivity contribution is 5.98. The van der Waals surface area contributed by atoms with Crippen molar-refractivity contribution in [3.8, 4) is 11.5 Å². The van der Waals surface area contributed by atoms with E-state index in [1.807, 2.05) is 4.90 Å². The Bertz CT molecular complexity index is 941. The van der Waals surface area contributed by atoms with Crippen molar-refractivity contribution < 1.29 is 23.5 Å². The maximum Gasteiger partial charge on any atom is 0.241 e. The van der Waals surface area contributed by atoms with Crippen molar-refractivity contribution in [2.45, 2.75) is 25.8 Å². The van der Waals surface area contributed by atoms with Crippen molar-refractivity contribution in [3.63, 3.8) is 0 Å². The minimum Gasteiger partial charge on any atom is -0.486 e. The van der Waals surface area contributed by atoms with Crippen LogP contribution in [0.2, 0.25) is 0 Å². The smallest absolute Gasteiger partial charge is 0.241 e. The van der Waals surface area contributed by atoms with Gasteiger partial charge in [-0.15, -0.1) is 0 Å². The van der Waals surface area contributed by atoms with E-state index >= 15 is 0 Å². The van der Waals surface area contributed by atoms with Crippen LogP contribution in [0.4, 0.5) is 10.1 Å². The third-order valence-electron chi connectivity index (χ3n) is 5.79. The summed E-state index contributed by atoms with van der Waals surface area (Å²) in [7, 11) is 0. The predicted octanol–water partition coefficient (Wildman–Crippen LogP) is 3.52. The summed E-state index contributed by atoms with van der Waals surface area (Å²) >= 11 is 0. The Balaban J connectivity index is 1.33. The van der Waals surface area contributed by atoms with E-state index in [1.54, 1.807) is 37.3 Å². The zero-order valence-corrected chi connectivity index (χ0v) is 16.9. The number of anilines is 1. The molecule has 2 heterocycles. The van der Waals surface area contributed by atoms with Gasteiger partial charge in [0.2, 0.25) is 5.91 Å². The number of ether oxygens (including phenoxy) is 2. The molecule has 4 rings (SSSR count). The molecule has 1 atom stereocenters. The highest BCUT2D eigenvalue weighted by Crippen LogP contribution is 2.32. The number of nitrogens with zero attached hydrogens (tertiary/aromatic N) is 1. The number of Topliss-reactive ketones (excluding diaryl/α,β-unsaturated/α-hetero) is 1. The molecule has 2 aliphatic rings. The van der Waals surface area contributed by atoms with E-state index in [4.69, 9.17) is 9.47 Å². The number of ketones is 1. The Morgan fingerprint density at radius 3 is 2.50 bits per heavy atom. The van der Waals surface area contributed by atoms with Crippen LogP contribution in [0, 0.1) is 11.7 Å². The van der Waals surface area contributed by atoms with Crippen molar-refractivity contribution >= 4 is 17.4 Å². The van der Waals surface area contributed by atoms with Crippen LogP contribution in [0.1, 0.15) is 30.1 Å². The van der Waals surface area contributed by atoms with Crippen LogP contribution >= 0.6 is 0 Å². The fourth-order valence-corrected chi connectivity index (χ4v) is 3.95. The molecule has 1 amide bonds. The van der Waals surface area contributed by atoms with Gasteiger partial charge in [0.15, 0.2) is 17.3 Å². The van der Waals surface area contributed by atoms with Crippen LogP contribution in [-0.4, -0.2) is 48.9 Å². The van der Waals surface area contributed by atoms with Gasteiger partial charge in [0.05, 0.1) is 11.7 Å². The number of rotatable bonds is 5. The second-order valence-electron chi connectivity index (χ2n) is 7.68. The number of para-hydroxylation sites is 1. The number of hydrogen-bond donors (Lipinski definition) is 1. The molecule has 0 aromatic heterocycles. The standard InChI is InChI=1S/C23H25FN2O4/c1-15(23(28)25-19-5-3-2-4-18(19)24)26-10-8-16(9-11-26)22(27)17-6-7-20-21(14-17)30-13-12-29-20/h2-7,14-16H,8-13H2,1H3,(H,25,28). The lowest BCUT2D eigenvalue weighted by molar-refractivity contribution is -0.121. The third kappa shape index (κ3) is 4.31. The van der Waals surface area contributed by atoms with E-state index < -0.39 is 11.9 Å². The van der Waals surface area contributed by atoms with E-state index in [0.717, 1.165) is 0 Å². The minimum atomic E-state index is -0.457. The molecule has 1 saturated heterocycles. The van der Waals surface area contributed by atoms with Gasteiger partial charge in [-0.25, -0.2) is 4.39 Å². The molecule has 30 heavy (non-hydrogen) atoms. The Morgan fingerprint density at radius 1 is 1.07 bits per heavy atom. The summed E-state index contributed by atoms with van der Waals surface area (Å²) in [5, 5.41) is 2.65. The van der Waals surface area contributed by atoms with Crippen molar-refractivity contribution in [2.24, 2.45) is 5.92 Å². The van der Waals surface area contributed by atoms with Crippen molar-refractivity contribution in [2.75, 3.05) is 31.6 Å². The molecule has 158 valence electrons. The molecule has 0 bridgehead atoms. The first-order valence-corrected chi connectivity index (χ1v) is 10.3. The zero-order valence-electron chi connectivity index (χ0n) is 16.9. The molecule has 0 aliphatic carbocycles. The number of halogens is 1. The molecule has 1 N–H and O–H groups in total. The molecule has 2 aromatic rings. The molecular weight excluding hydrogens is 387 g/mol. The van der Waals surface area contributed by atoms with Gasteiger partial charge < -0.3 is 14.8 Å². The summed E-state index contributed by atoms with van der Waals surface area (Å²) < 4.78 is 24.9. The number of amides is 1. The molecule has 7 heteroatoms. The highest BCUT2D eigenvalue weighted by atomic mass is 19.1. The number of carbonyl (C=O) groups is 2. The van der Waals surface area contributed by atoms with E-state index in [1.165, 1.54) is 12.1 Å².